The van der Waals surface area contributed by atoms with Crippen LogP contribution in [0.25, 0.3) is 0 Å². The van der Waals surface area contributed by atoms with E-state index in [0.29, 0.717) is 21.2 Å². The number of benzene rings is 1. The van der Waals surface area contributed by atoms with Crippen molar-refractivity contribution in [2.24, 2.45) is 5.73 Å². The molecule has 1 heterocycles. The van der Waals surface area contributed by atoms with E-state index in [1.54, 1.807) is 29.6 Å². The Labute approximate surface area is 119 Å². The predicted molar refractivity (Wildman–Crippen MR) is 77.0 cm³/mol. The molecule has 2 aromatic rings. The van der Waals surface area contributed by atoms with Crippen LogP contribution in [0.3, 0.4) is 0 Å². The van der Waals surface area contributed by atoms with E-state index in [4.69, 9.17) is 17.3 Å². The SMILES string of the molecule is Cc1cc(Cl)cc(C(=O)Nc2ccsc2C(N)=O)c1. The van der Waals surface area contributed by atoms with Gasteiger partial charge in [-0.2, -0.15) is 0 Å². The molecule has 0 aliphatic carbocycles. The number of nitrogens with two attached hydrogens (primary N) is 1. The number of halogens is 1. The van der Waals surface area contributed by atoms with Gasteiger partial charge in [-0.15, -0.1) is 11.3 Å². The van der Waals surface area contributed by atoms with Crippen LogP contribution >= 0.6 is 22.9 Å². The molecule has 98 valence electrons. The molecular weight excluding hydrogens is 284 g/mol. The van der Waals surface area contributed by atoms with Gasteiger partial charge in [-0.3, -0.25) is 9.59 Å². The highest BCUT2D eigenvalue weighted by Gasteiger charge is 2.14. The molecule has 0 bridgehead atoms. The summed E-state index contributed by atoms with van der Waals surface area (Å²) in [5, 5.41) is 4.84. The van der Waals surface area contributed by atoms with Crippen molar-refractivity contribution in [2.45, 2.75) is 6.92 Å². The summed E-state index contributed by atoms with van der Waals surface area (Å²) in [5.74, 6) is -0.890. The average Bonchev–Trinajstić information content (AvgIpc) is 2.75. The molecule has 0 saturated heterocycles. The summed E-state index contributed by atoms with van der Waals surface area (Å²) < 4.78 is 0. The van der Waals surface area contributed by atoms with Crippen molar-refractivity contribution < 1.29 is 9.59 Å². The van der Waals surface area contributed by atoms with E-state index in [2.05, 4.69) is 5.32 Å². The van der Waals surface area contributed by atoms with Crippen molar-refractivity contribution in [3.8, 4) is 0 Å². The van der Waals surface area contributed by atoms with E-state index in [1.807, 2.05) is 6.92 Å². The van der Waals surface area contributed by atoms with Crippen LogP contribution in [0.4, 0.5) is 5.69 Å². The lowest BCUT2D eigenvalue weighted by atomic mass is 10.1. The summed E-state index contributed by atoms with van der Waals surface area (Å²) in [7, 11) is 0. The fourth-order valence-corrected chi connectivity index (χ4v) is 2.65. The van der Waals surface area contributed by atoms with Crippen LogP contribution in [-0.2, 0) is 0 Å². The number of carbonyl (C=O) groups excluding carboxylic acids is 2. The Bertz CT molecular complexity index is 632. The number of hydrogen-bond donors (Lipinski definition) is 2. The lowest BCUT2D eigenvalue weighted by Crippen LogP contribution is -2.16. The van der Waals surface area contributed by atoms with E-state index in [1.165, 1.54) is 11.3 Å². The molecule has 0 radical (unpaired) electrons. The first-order valence-corrected chi connectivity index (χ1v) is 6.69. The van der Waals surface area contributed by atoms with Gasteiger partial charge in [-0.25, -0.2) is 0 Å². The Kier molecular flexibility index (Phi) is 3.87. The predicted octanol–water partition coefficient (Wildman–Crippen LogP) is 3.06. The largest absolute Gasteiger partial charge is 0.365 e. The maximum absolute atomic E-state index is 12.1. The van der Waals surface area contributed by atoms with Crippen LogP contribution in [0.1, 0.15) is 25.6 Å². The molecule has 3 N–H and O–H groups in total. The third-order valence-electron chi connectivity index (χ3n) is 2.44. The van der Waals surface area contributed by atoms with E-state index < -0.39 is 5.91 Å². The number of anilines is 1. The Morgan fingerprint density at radius 2 is 2.05 bits per heavy atom. The molecule has 4 nitrogen and oxygen atoms in total. The number of nitrogens with one attached hydrogen (secondary N) is 1. The minimum atomic E-state index is -0.562. The number of amides is 2. The molecule has 0 aliphatic rings. The minimum Gasteiger partial charge on any atom is -0.365 e. The molecule has 0 spiro atoms. The van der Waals surface area contributed by atoms with Gasteiger partial charge in [0.1, 0.15) is 4.88 Å². The van der Waals surface area contributed by atoms with E-state index in [-0.39, 0.29) is 5.91 Å². The number of hydrogen-bond acceptors (Lipinski definition) is 3. The van der Waals surface area contributed by atoms with Crippen LogP contribution in [0.2, 0.25) is 5.02 Å². The van der Waals surface area contributed by atoms with Crippen LogP contribution in [-0.4, -0.2) is 11.8 Å². The zero-order chi connectivity index (χ0) is 14.0. The molecule has 2 amide bonds. The maximum Gasteiger partial charge on any atom is 0.260 e. The fraction of sp³-hybridized carbons (Fsp3) is 0.0769. The zero-order valence-electron chi connectivity index (χ0n) is 10.1. The van der Waals surface area contributed by atoms with Gasteiger partial charge in [0.2, 0.25) is 0 Å². The molecule has 2 rings (SSSR count). The van der Waals surface area contributed by atoms with Gasteiger partial charge >= 0.3 is 0 Å². The third kappa shape index (κ3) is 3.13. The summed E-state index contributed by atoms with van der Waals surface area (Å²) in [4.78, 5) is 23.6. The van der Waals surface area contributed by atoms with Crippen LogP contribution in [0.5, 0.6) is 0 Å². The molecule has 0 unspecified atom stereocenters. The van der Waals surface area contributed by atoms with Crippen molar-refractivity contribution in [1.82, 2.24) is 0 Å². The third-order valence-corrected chi connectivity index (χ3v) is 3.59. The number of primary amides is 1. The van der Waals surface area contributed by atoms with Gasteiger partial charge in [-0.1, -0.05) is 11.6 Å². The number of aryl methyl sites for hydroxylation is 1. The Morgan fingerprint density at radius 1 is 1.32 bits per heavy atom. The quantitative estimate of drug-likeness (QED) is 0.913. The monoisotopic (exact) mass is 294 g/mol. The summed E-state index contributed by atoms with van der Waals surface area (Å²) >= 11 is 7.09. The van der Waals surface area contributed by atoms with Gasteiger partial charge < -0.3 is 11.1 Å². The van der Waals surface area contributed by atoms with Gasteiger partial charge in [-0.05, 0) is 42.1 Å². The van der Waals surface area contributed by atoms with Crippen molar-refractivity contribution in [2.75, 3.05) is 5.32 Å². The van der Waals surface area contributed by atoms with Gasteiger partial charge in [0.15, 0.2) is 0 Å². The summed E-state index contributed by atoms with van der Waals surface area (Å²) in [6, 6.07) is 6.69. The Morgan fingerprint density at radius 3 is 2.68 bits per heavy atom. The summed E-state index contributed by atoms with van der Waals surface area (Å²) in [6.45, 7) is 1.85. The first kappa shape index (κ1) is 13.6. The van der Waals surface area contributed by atoms with Crippen molar-refractivity contribution in [3.63, 3.8) is 0 Å². The average molecular weight is 295 g/mol. The molecule has 19 heavy (non-hydrogen) atoms. The van der Waals surface area contributed by atoms with Crippen molar-refractivity contribution >= 4 is 40.4 Å². The van der Waals surface area contributed by atoms with E-state index in [0.717, 1.165) is 5.56 Å². The van der Waals surface area contributed by atoms with Gasteiger partial charge in [0, 0.05) is 10.6 Å². The highest BCUT2D eigenvalue weighted by molar-refractivity contribution is 7.12. The van der Waals surface area contributed by atoms with Gasteiger partial charge in [0.25, 0.3) is 11.8 Å². The van der Waals surface area contributed by atoms with E-state index >= 15 is 0 Å². The van der Waals surface area contributed by atoms with E-state index in [9.17, 15) is 9.59 Å². The second kappa shape index (κ2) is 5.42. The second-order valence-electron chi connectivity index (χ2n) is 4.00. The molecule has 0 aliphatic heterocycles. The lowest BCUT2D eigenvalue weighted by Gasteiger charge is -2.06. The Hall–Kier alpha value is -1.85. The summed E-state index contributed by atoms with van der Waals surface area (Å²) in [6.07, 6.45) is 0. The van der Waals surface area contributed by atoms with Gasteiger partial charge in [0.05, 0.1) is 5.69 Å². The second-order valence-corrected chi connectivity index (χ2v) is 5.35. The molecule has 0 atom stereocenters. The van der Waals surface area contributed by atoms with Crippen LogP contribution in [0.15, 0.2) is 29.6 Å². The standard InChI is InChI=1S/C13H11ClN2O2S/c1-7-4-8(6-9(14)5-7)13(18)16-10-2-3-19-11(10)12(15)17/h2-6H,1H3,(H2,15,17)(H,16,18). The fourth-order valence-electron chi connectivity index (χ4n) is 1.66. The van der Waals surface area contributed by atoms with Crippen LogP contribution < -0.4 is 11.1 Å². The first-order valence-electron chi connectivity index (χ1n) is 5.43. The summed E-state index contributed by atoms with van der Waals surface area (Å²) in [5.41, 5.74) is 6.96. The zero-order valence-corrected chi connectivity index (χ0v) is 11.6. The first-order chi connectivity index (χ1) is 8.97. The highest BCUT2D eigenvalue weighted by atomic mass is 35.5. The van der Waals surface area contributed by atoms with Crippen LogP contribution in [0, 0.1) is 6.92 Å². The number of thiophene rings is 1. The highest BCUT2D eigenvalue weighted by Crippen LogP contribution is 2.23. The van der Waals surface area contributed by atoms with Crippen molar-refractivity contribution in [1.29, 1.82) is 0 Å². The topological polar surface area (TPSA) is 72.2 Å². The molecular formula is C13H11ClN2O2S. The smallest absolute Gasteiger partial charge is 0.260 e. The molecule has 0 saturated carbocycles. The van der Waals surface area contributed by atoms with Crippen molar-refractivity contribution in [3.05, 3.63) is 50.7 Å². The molecule has 1 aromatic heterocycles. The number of carbonyl (C=O) groups is 2. The molecule has 6 heteroatoms. The minimum absolute atomic E-state index is 0.326. The lowest BCUT2D eigenvalue weighted by molar-refractivity contribution is 0.100. The normalized spacial score (nSPS) is 10.2. The molecule has 1 aromatic carbocycles. The number of rotatable bonds is 3. The Balaban J connectivity index is 2.25. The molecule has 0 fully saturated rings. The maximum atomic E-state index is 12.1.